The molecule has 1 atom stereocenters. The number of nitrogens with one attached hydrogen (secondary N) is 1. The zero-order chi connectivity index (χ0) is 13.6. The van der Waals surface area contributed by atoms with Crippen molar-refractivity contribution in [2.24, 2.45) is 0 Å². The summed E-state index contributed by atoms with van der Waals surface area (Å²) < 4.78 is 1.77. The fourth-order valence-electron chi connectivity index (χ4n) is 1.27. The van der Waals surface area contributed by atoms with Gasteiger partial charge in [-0.2, -0.15) is 0 Å². The standard InChI is InChI=1S/C11H23N5OS/c1-5-9(17)8-18-10-13-14-15-16(10)7-6-12-11(2,3)4/h9,12,17H,5-8H2,1-4H3. The van der Waals surface area contributed by atoms with Gasteiger partial charge in [-0.05, 0) is 37.6 Å². The Hall–Kier alpha value is -0.660. The third-order valence-corrected chi connectivity index (χ3v) is 3.46. The van der Waals surface area contributed by atoms with Crippen LogP contribution in [-0.4, -0.2) is 49.3 Å². The molecule has 1 aromatic rings. The van der Waals surface area contributed by atoms with E-state index in [0.717, 1.165) is 24.7 Å². The van der Waals surface area contributed by atoms with Gasteiger partial charge in [-0.3, -0.25) is 0 Å². The first-order chi connectivity index (χ1) is 8.42. The molecule has 0 aromatic carbocycles. The van der Waals surface area contributed by atoms with Crippen LogP contribution in [0.4, 0.5) is 0 Å². The van der Waals surface area contributed by atoms with Crippen LogP contribution in [0, 0.1) is 0 Å². The van der Waals surface area contributed by atoms with Gasteiger partial charge in [0.2, 0.25) is 5.16 Å². The molecular weight excluding hydrogens is 250 g/mol. The molecule has 1 rings (SSSR count). The average molecular weight is 273 g/mol. The van der Waals surface area contributed by atoms with Gasteiger partial charge < -0.3 is 10.4 Å². The second-order valence-corrected chi connectivity index (χ2v) is 6.22. The first kappa shape index (κ1) is 15.4. The van der Waals surface area contributed by atoms with Crippen LogP contribution in [0.2, 0.25) is 0 Å². The Labute approximate surface area is 113 Å². The number of hydrogen-bond donors (Lipinski definition) is 2. The maximum atomic E-state index is 9.52. The lowest BCUT2D eigenvalue weighted by Crippen LogP contribution is -2.38. The Morgan fingerprint density at radius 3 is 2.78 bits per heavy atom. The molecule has 0 bridgehead atoms. The van der Waals surface area contributed by atoms with Crippen molar-refractivity contribution in [2.45, 2.75) is 57.5 Å². The Bertz CT molecular complexity index is 349. The van der Waals surface area contributed by atoms with E-state index in [9.17, 15) is 5.11 Å². The third kappa shape index (κ3) is 5.79. The molecule has 0 saturated carbocycles. The van der Waals surface area contributed by atoms with E-state index in [1.54, 1.807) is 4.68 Å². The minimum absolute atomic E-state index is 0.0969. The number of aliphatic hydroxyl groups is 1. The molecule has 1 aromatic heterocycles. The number of thioether (sulfide) groups is 1. The zero-order valence-electron chi connectivity index (χ0n) is 11.6. The normalized spacial score (nSPS) is 13.8. The maximum absolute atomic E-state index is 9.52. The SMILES string of the molecule is CCC(O)CSc1nnnn1CCNC(C)(C)C. The Morgan fingerprint density at radius 1 is 1.44 bits per heavy atom. The lowest BCUT2D eigenvalue weighted by Gasteiger charge is -2.20. The fraction of sp³-hybridized carbons (Fsp3) is 0.909. The van der Waals surface area contributed by atoms with Crippen LogP contribution in [0.25, 0.3) is 0 Å². The topological polar surface area (TPSA) is 75.9 Å². The molecule has 6 nitrogen and oxygen atoms in total. The summed E-state index contributed by atoms with van der Waals surface area (Å²) in [4.78, 5) is 0. The highest BCUT2D eigenvalue weighted by Crippen LogP contribution is 2.15. The van der Waals surface area contributed by atoms with E-state index in [1.165, 1.54) is 11.8 Å². The Morgan fingerprint density at radius 2 is 2.17 bits per heavy atom. The summed E-state index contributed by atoms with van der Waals surface area (Å²) in [6.07, 6.45) is 0.452. The van der Waals surface area contributed by atoms with Crippen molar-refractivity contribution >= 4 is 11.8 Å². The first-order valence-corrected chi connectivity index (χ1v) is 7.23. The van der Waals surface area contributed by atoms with Gasteiger partial charge >= 0.3 is 0 Å². The molecule has 18 heavy (non-hydrogen) atoms. The van der Waals surface area contributed by atoms with E-state index in [1.807, 2.05) is 6.92 Å². The molecule has 7 heteroatoms. The Kier molecular flexibility index (Phi) is 6.04. The zero-order valence-corrected chi connectivity index (χ0v) is 12.4. The predicted octanol–water partition coefficient (Wildman–Crippen LogP) is 0.924. The number of hydrogen-bond acceptors (Lipinski definition) is 6. The molecule has 0 radical (unpaired) electrons. The van der Waals surface area contributed by atoms with Gasteiger partial charge in [0.25, 0.3) is 0 Å². The fourth-order valence-corrected chi connectivity index (χ4v) is 2.21. The van der Waals surface area contributed by atoms with Gasteiger partial charge in [0.05, 0.1) is 12.6 Å². The van der Waals surface area contributed by atoms with Gasteiger partial charge in [0.15, 0.2) is 0 Å². The molecular formula is C11H23N5OS. The molecule has 0 fully saturated rings. The summed E-state index contributed by atoms with van der Waals surface area (Å²) in [5.41, 5.74) is 0.0969. The quantitative estimate of drug-likeness (QED) is 0.720. The van der Waals surface area contributed by atoms with Crippen LogP contribution in [0.3, 0.4) is 0 Å². The molecule has 1 unspecified atom stereocenters. The molecule has 0 aliphatic heterocycles. The van der Waals surface area contributed by atoms with Gasteiger partial charge in [0, 0.05) is 17.8 Å². The minimum atomic E-state index is -0.298. The van der Waals surface area contributed by atoms with E-state index >= 15 is 0 Å². The highest BCUT2D eigenvalue weighted by molar-refractivity contribution is 7.99. The van der Waals surface area contributed by atoms with Gasteiger partial charge in [-0.15, -0.1) is 5.10 Å². The van der Waals surface area contributed by atoms with Crippen molar-refractivity contribution in [1.29, 1.82) is 0 Å². The van der Waals surface area contributed by atoms with Crippen molar-refractivity contribution in [2.75, 3.05) is 12.3 Å². The van der Waals surface area contributed by atoms with Gasteiger partial charge in [0.1, 0.15) is 0 Å². The highest BCUT2D eigenvalue weighted by atomic mass is 32.2. The first-order valence-electron chi connectivity index (χ1n) is 6.24. The largest absolute Gasteiger partial charge is 0.392 e. The maximum Gasteiger partial charge on any atom is 0.209 e. The lowest BCUT2D eigenvalue weighted by atomic mass is 10.1. The number of aliphatic hydroxyl groups excluding tert-OH is 1. The summed E-state index contributed by atoms with van der Waals surface area (Å²) in [5.74, 6) is 0.629. The molecule has 1 heterocycles. The van der Waals surface area contributed by atoms with Crippen LogP contribution < -0.4 is 5.32 Å². The summed E-state index contributed by atoms with van der Waals surface area (Å²) in [6.45, 7) is 9.88. The summed E-state index contributed by atoms with van der Waals surface area (Å²) >= 11 is 1.49. The van der Waals surface area contributed by atoms with Gasteiger partial charge in [-0.1, -0.05) is 18.7 Å². The number of rotatable bonds is 7. The van der Waals surface area contributed by atoms with E-state index in [4.69, 9.17) is 0 Å². The molecule has 104 valence electrons. The van der Waals surface area contributed by atoms with Crippen molar-refractivity contribution < 1.29 is 5.11 Å². The van der Waals surface area contributed by atoms with Crippen LogP contribution in [0.1, 0.15) is 34.1 Å². The lowest BCUT2D eigenvalue weighted by molar-refractivity contribution is 0.195. The summed E-state index contributed by atoms with van der Waals surface area (Å²) in [5, 5.41) is 25.3. The van der Waals surface area contributed by atoms with Crippen LogP contribution in [0.15, 0.2) is 5.16 Å². The second kappa shape index (κ2) is 7.06. The van der Waals surface area contributed by atoms with E-state index in [0.29, 0.717) is 5.75 Å². The van der Waals surface area contributed by atoms with Gasteiger partial charge in [-0.25, -0.2) is 4.68 Å². The summed E-state index contributed by atoms with van der Waals surface area (Å²) in [7, 11) is 0. The number of tetrazole rings is 1. The second-order valence-electron chi connectivity index (χ2n) is 5.23. The minimum Gasteiger partial charge on any atom is -0.392 e. The monoisotopic (exact) mass is 273 g/mol. The average Bonchev–Trinajstić information content (AvgIpc) is 2.72. The Balaban J connectivity index is 2.40. The van der Waals surface area contributed by atoms with Crippen molar-refractivity contribution in [1.82, 2.24) is 25.5 Å². The molecule has 2 N–H and O–H groups in total. The number of aromatic nitrogens is 4. The van der Waals surface area contributed by atoms with Crippen molar-refractivity contribution in [3.05, 3.63) is 0 Å². The van der Waals surface area contributed by atoms with Crippen LogP contribution in [0.5, 0.6) is 0 Å². The van der Waals surface area contributed by atoms with Crippen LogP contribution >= 0.6 is 11.8 Å². The van der Waals surface area contributed by atoms with E-state index in [-0.39, 0.29) is 11.6 Å². The molecule has 0 aliphatic carbocycles. The third-order valence-electron chi connectivity index (χ3n) is 2.35. The smallest absolute Gasteiger partial charge is 0.209 e. The van der Waals surface area contributed by atoms with Crippen LogP contribution in [-0.2, 0) is 6.54 Å². The molecule has 0 aliphatic rings. The van der Waals surface area contributed by atoms with Crippen molar-refractivity contribution in [3.8, 4) is 0 Å². The molecule has 0 saturated heterocycles. The molecule has 0 amide bonds. The highest BCUT2D eigenvalue weighted by Gasteiger charge is 2.11. The number of nitrogens with zero attached hydrogens (tertiary/aromatic N) is 4. The summed E-state index contributed by atoms with van der Waals surface area (Å²) in [6, 6.07) is 0. The van der Waals surface area contributed by atoms with E-state index in [2.05, 4.69) is 41.6 Å². The van der Waals surface area contributed by atoms with Crippen molar-refractivity contribution in [3.63, 3.8) is 0 Å². The predicted molar refractivity (Wildman–Crippen MR) is 72.6 cm³/mol. The molecule has 0 spiro atoms. The van der Waals surface area contributed by atoms with E-state index < -0.39 is 0 Å².